The van der Waals surface area contributed by atoms with Crippen molar-refractivity contribution in [2.24, 2.45) is 0 Å². The van der Waals surface area contributed by atoms with Gasteiger partial charge in [-0.05, 0) is 0 Å². The summed E-state index contributed by atoms with van der Waals surface area (Å²) in [4.78, 5) is 2.22. The normalized spacial score (nSPS) is 15.5. The van der Waals surface area contributed by atoms with Crippen molar-refractivity contribution in [2.45, 2.75) is 23.9 Å². The van der Waals surface area contributed by atoms with E-state index in [9.17, 15) is 0 Å². The molecule has 0 bridgehead atoms. The van der Waals surface area contributed by atoms with E-state index in [1.165, 1.54) is 23.2 Å². The summed E-state index contributed by atoms with van der Waals surface area (Å²) in [6.45, 7) is 4.76. The van der Waals surface area contributed by atoms with Gasteiger partial charge in [-0.2, -0.15) is 0 Å². The van der Waals surface area contributed by atoms with Gasteiger partial charge in [-0.25, -0.2) is 0 Å². The minimum atomic E-state index is -1.95. The molecule has 1 nitrogen and oxygen atoms in total. The summed E-state index contributed by atoms with van der Waals surface area (Å²) in [5, 5.41) is 0. The summed E-state index contributed by atoms with van der Waals surface area (Å²) < 4.78 is 4.05. The zero-order chi connectivity index (χ0) is 17.6. The molecule has 0 amide bonds. The van der Waals surface area contributed by atoms with Gasteiger partial charge in [0, 0.05) is 0 Å². The van der Waals surface area contributed by atoms with Gasteiger partial charge in [0.25, 0.3) is 0 Å². The molecule has 4 heteroatoms. The van der Waals surface area contributed by atoms with E-state index in [0.717, 1.165) is 0 Å². The molecule has 0 fully saturated rings. The molecule has 1 unspecified atom stereocenters. The molecule has 1 atom stereocenters. The first kappa shape index (κ1) is 22.3. The molecule has 2 aliphatic carbocycles. The van der Waals surface area contributed by atoms with Crippen LogP contribution in [0.1, 0.15) is 35.0 Å². The van der Waals surface area contributed by atoms with Gasteiger partial charge in [-0.15, -0.1) is 0 Å². The zero-order valence-corrected chi connectivity index (χ0v) is 20.2. The Bertz CT molecular complexity index is 937. The Morgan fingerprint density at radius 2 is 1.67 bits per heavy atom. The fourth-order valence-corrected chi connectivity index (χ4v) is 12.4. The van der Waals surface area contributed by atoms with Crippen molar-refractivity contribution >= 4 is 8.89 Å². The van der Waals surface area contributed by atoms with Crippen molar-refractivity contribution < 1.29 is 46.1 Å². The molecule has 2 aliphatic rings. The quantitative estimate of drug-likeness (QED) is 0.577. The molecule has 0 N–H and O–H groups in total. The average Bonchev–Trinajstić information content (AvgIpc) is 3.22. The standard InChI is InChI=1S/C15H14N.C5H5.C3H6.2ClH.Zr/c1-16(2)13-7-8-15-12(10-13)9-11-5-3-4-6-14(11)15;1-2-4-5-3-1;1-3-2;;;/h3-10H,1-2H3;1-3H,4H2;1-2H3;2*1H;/q;;;;;+2/p-2. The molecule has 0 heterocycles. The Labute approximate surface area is 183 Å². The molecule has 0 saturated heterocycles. The number of hydrogen-bond donors (Lipinski definition) is 0. The van der Waals surface area contributed by atoms with Crippen molar-refractivity contribution in [2.75, 3.05) is 19.0 Å². The van der Waals surface area contributed by atoms with E-state index in [1.807, 2.05) is 0 Å². The van der Waals surface area contributed by atoms with Crippen molar-refractivity contribution in [1.82, 2.24) is 0 Å². The largest absolute Gasteiger partial charge is 1.00 e. The summed E-state index contributed by atoms with van der Waals surface area (Å²) in [5.74, 6) is 0. The van der Waals surface area contributed by atoms with Gasteiger partial charge in [0.05, 0.1) is 0 Å². The molecule has 2 aromatic rings. The molecule has 140 valence electrons. The van der Waals surface area contributed by atoms with E-state index in [1.54, 1.807) is 17.6 Å². The molecule has 0 spiro atoms. The Hall–Kier alpha value is -0.947. The van der Waals surface area contributed by atoms with Crippen LogP contribution in [0.15, 0.2) is 64.0 Å². The molecule has 2 aromatic carbocycles. The topological polar surface area (TPSA) is 3.24 Å². The van der Waals surface area contributed by atoms with Gasteiger partial charge in [-0.3, -0.25) is 0 Å². The summed E-state index contributed by atoms with van der Waals surface area (Å²) in [5.41, 5.74) is 7.36. The average molecular weight is 478 g/mol. The maximum atomic E-state index is 2.45. The number of allylic oxidation sites excluding steroid dienone is 4. The Kier molecular flexibility index (Phi) is 7.48. The molecule has 0 aromatic heterocycles. The second-order valence-corrected chi connectivity index (χ2v) is 14.9. The van der Waals surface area contributed by atoms with Gasteiger partial charge >= 0.3 is 159 Å². The molecular formula is C23H25Cl2NZr. The zero-order valence-electron chi connectivity index (χ0n) is 16.3. The molecule has 0 radical (unpaired) electrons. The number of anilines is 1. The summed E-state index contributed by atoms with van der Waals surface area (Å²) >= 11 is -1.95. The van der Waals surface area contributed by atoms with E-state index in [0.29, 0.717) is 3.63 Å². The molecular weight excluding hydrogens is 452 g/mol. The number of benzene rings is 2. The number of rotatable bonds is 3. The summed E-state index contributed by atoms with van der Waals surface area (Å²) in [7, 11) is 4.28. The van der Waals surface area contributed by atoms with Crippen molar-refractivity contribution in [3.63, 3.8) is 0 Å². The number of fused-ring (bicyclic) bond motifs is 3. The third kappa shape index (κ3) is 3.95. The van der Waals surface area contributed by atoms with Crippen LogP contribution in [0, 0.1) is 0 Å². The summed E-state index contributed by atoms with van der Waals surface area (Å²) in [6.07, 6.45) is 8.17. The van der Waals surface area contributed by atoms with Gasteiger partial charge in [0.2, 0.25) is 0 Å². The third-order valence-corrected chi connectivity index (χ3v) is 13.6. The van der Waals surface area contributed by atoms with Crippen LogP contribution in [0.4, 0.5) is 5.69 Å². The maximum absolute atomic E-state index is 2.45. The van der Waals surface area contributed by atoms with Crippen LogP contribution in [0.5, 0.6) is 0 Å². The number of halogens is 2. The van der Waals surface area contributed by atoms with Gasteiger partial charge in [0.15, 0.2) is 0 Å². The monoisotopic (exact) mass is 475 g/mol. The van der Waals surface area contributed by atoms with Gasteiger partial charge in [0.1, 0.15) is 0 Å². The second-order valence-electron chi connectivity index (χ2n) is 7.42. The van der Waals surface area contributed by atoms with Crippen LogP contribution in [-0.4, -0.2) is 17.3 Å². The molecule has 27 heavy (non-hydrogen) atoms. The third-order valence-electron chi connectivity index (χ3n) is 5.37. The first-order valence-corrected chi connectivity index (χ1v) is 12.9. The summed E-state index contributed by atoms with van der Waals surface area (Å²) in [6, 6.07) is 16.2. The van der Waals surface area contributed by atoms with Crippen molar-refractivity contribution in [3.8, 4) is 11.1 Å². The number of nitrogens with zero attached hydrogens (tertiary/aromatic N) is 1. The fraction of sp³-hybridized carbons (Fsp3) is 0.261. The van der Waals surface area contributed by atoms with Gasteiger partial charge in [-0.1, -0.05) is 0 Å². The Morgan fingerprint density at radius 3 is 2.30 bits per heavy atom. The minimum Gasteiger partial charge on any atom is -1.00 e. The predicted molar refractivity (Wildman–Crippen MR) is 106 cm³/mol. The first-order valence-electron chi connectivity index (χ1n) is 9.02. The maximum Gasteiger partial charge on any atom is -1.00 e. The van der Waals surface area contributed by atoms with Gasteiger partial charge < -0.3 is 24.8 Å². The molecule has 0 aliphatic heterocycles. The van der Waals surface area contributed by atoms with Crippen LogP contribution in [0.3, 0.4) is 0 Å². The van der Waals surface area contributed by atoms with Crippen LogP contribution < -0.4 is 29.7 Å². The SMILES string of the molecule is C[C](C)=[Zr+2]([C]1=CC=CC1)[CH]1c2ccccc2-c2ccc(N(C)C)cc21.[Cl-].[Cl-]. The first-order chi connectivity index (χ1) is 12.1. The van der Waals surface area contributed by atoms with Crippen molar-refractivity contribution in [3.05, 3.63) is 75.1 Å². The van der Waals surface area contributed by atoms with E-state index < -0.39 is 21.3 Å². The van der Waals surface area contributed by atoms with E-state index in [2.05, 4.69) is 93.5 Å². The fourth-order valence-electron chi connectivity index (χ4n) is 4.23. The van der Waals surface area contributed by atoms with E-state index in [4.69, 9.17) is 0 Å². The van der Waals surface area contributed by atoms with Crippen LogP contribution in [-0.2, 0) is 21.3 Å². The van der Waals surface area contributed by atoms with Crippen LogP contribution in [0.2, 0.25) is 0 Å². The van der Waals surface area contributed by atoms with E-state index >= 15 is 0 Å². The van der Waals surface area contributed by atoms with Crippen LogP contribution >= 0.6 is 0 Å². The Balaban J connectivity index is 0.00000131. The minimum absolute atomic E-state index is 0. The molecule has 0 saturated carbocycles. The Morgan fingerprint density at radius 1 is 0.963 bits per heavy atom. The second kappa shape index (κ2) is 9.04. The van der Waals surface area contributed by atoms with Crippen molar-refractivity contribution in [1.29, 1.82) is 0 Å². The number of hydrogen-bond acceptors (Lipinski definition) is 1. The van der Waals surface area contributed by atoms with E-state index in [-0.39, 0.29) is 24.8 Å². The predicted octanol–water partition coefficient (Wildman–Crippen LogP) is -0.495. The molecule has 4 rings (SSSR count). The smallest absolute Gasteiger partial charge is 1.00 e. The van der Waals surface area contributed by atoms with Crippen LogP contribution in [0.25, 0.3) is 11.1 Å².